The van der Waals surface area contributed by atoms with Gasteiger partial charge in [-0.2, -0.15) is 0 Å². The molecule has 0 fully saturated rings. The van der Waals surface area contributed by atoms with Gasteiger partial charge in [0.2, 0.25) is 5.91 Å². The molecule has 1 rings (SSSR count). The smallest absolute Gasteiger partial charge is 0.224 e. The van der Waals surface area contributed by atoms with Crippen molar-refractivity contribution in [3.8, 4) is 5.75 Å². The fourth-order valence-corrected chi connectivity index (χ4v) is 2.44. The SMILES string of the molecule is CCCC[C@H](C(=O)[O-])[C@H](C)CC(=O)Nc1ccccc1OC. The average Bonchev–Trinajstić information content (AvgIpc) is 2.47. The fraction of sp³-hybridized carbons (Fsp3) is 0.529. The second-order valence-corrected chi connectivity index (χ2v) is 5.50. The number of para-hydroxylation sites is 2. The Morgan fingerprint density at radius 1 is 1.32 bits per heavy atom. The number of hydrogen-bond acceptors (Lipinski definition) is 4. The van der Waals surface area contributed by atoms with Crippen LogP contribution in [0.2, 0.25) is 0 Å². The highest BCUT2D eigenvalue weighted by atomic mass is 16.5. The molecule has 0 aliphatic rings. The monoisotopic (exact) mass is 306 g/mol. The summed E-state index contributed by atoms with van der Waals surface area (Å²) < 4.78 is 5.17. The van der Waals surface area contributed by atoms with E-state index < -0.39 is 11.9 Å². The van der Waals surface area contributed by atoms with Crippen LogP contribution >= 0.6 is 0 Å². The summed E-state index contributed by atoms with van der Waals surface area (Å²) in [5.74, 6) is -1.59. The highest BCUT2D eigenvalue weighted by molar-refractivity contribution is 5.92. The molecule has 2 atom stereocenters. The summed E-state index contributed by atoms with van der Waals surface area (Å²) >= 11 is 0. The number of anilines is 1. The number of rotatable bonds is 9. The number of hydrogen-bond donors (Lipinski definition) is 1. The van der Waals surface area contributed by atoms with Crippen LogP contribution < -0.4 is 15.2 Å². The van der Waals surface area contributed by atoms with Gasteiger partial charge in [-0.1, -0.05) is 38.8 Å². The molecule has 1 aromatic rings. The molecule has 5 nitrogen and oxygen atoms in total. The minimum atomic E-state index is -1.08. The van der Waals surface area contributed by atoms with E-state index in [1.54, 1.807) is 25.1 Å². The van der Waals surface area contributed by atoms with E-state index in [-0.39, 0.29) is 18.2 Å². The van der Waals surface area contributed by atoms with Crippen LogP contribution in [0, 0.1) is 11.8 Å². The van der Waals surface area contributed by atoms with Gasteiger partial charge in [-0.15, -0.1) is 0 Å². The van der Waals surface area contributed by atoms with E-state index in [9.17, 15) is 14.7 Å². The number of nitrogens with one attached hydrogen (secondary N) is 1. The van der Waals surface area contributed by atoms with E-state index in [1.807, 2.05) is 13.0 Å². The summed E-state index contributed by atoms with van der Waals surface area (Å²) in [7, 11) is 1.53. The number of unbranched alkanes of at least 4 members (excludes halogenated alkanes) is 1. The predicted octanol–water partition coefficient (Wildman–Crippen LogP) is 2.22. The highest BCUT2D eigenvalue weighted by Gasteiger charge is 2.21. The zero-order valence-electron chi connectivity index (χ0n) is 13.4. The molecule has 0 saturated carbocycles. The van der Waals surface area contributed by atoms with E-state index >= 15 is 0 Å². The Morgan fingerprint density at radius 2 is 2.00 bits per heavy atom. The van der Waals surface area contributed by atoms with Crippen molar-refractivity contribution >= 4 is 17.6 Å². The molecule has 0 aromatic heterocycles. The Bertz CT molecular complexity index is 501. The average molecular weight is 306 g/mol. The molecule has 122 valence electrons. The largest absolute Gasteiger partial charge is 0.550 e. The standard InChI is InChI=1S/C17H25NO4/c1-4-5-8-13(17(20)21)12(2)11-16(19)18-14-9-6-7-10-15(14)22-3/h6-7,9-10,12-13H,4-5,8,11H2,1-3H3,(H,18,19)(H,20,21)/p-1/t12-,13+/m1/s1. The van der Waals surface area contributed by atoms with Crippen LogP contribution in [0.1, 0.15) is 39.5 Å². The lowest BCUT2D eigenvalue weighted by atomic mass is 9.87. The van der Waals surface area contributed by atoms with Crippen molar-refractivity contribution in [2.45, 2.75) is 39.5 Å². The third-order valence-corrected chi connectivity index (χ3v) is 3.75. The van der Waals surface area contributed by atoms with Crippen molar-refractivity contribution in [2.75, 3.05) is 12.4 Å². The number of amides is 1. The second-order valence-electron chi connectivity index (χ2n) is 5.50. The molecule has 1 aromatic carbocycles. The molecular formula is C17H24NO4-. The van der Waals surface area contributed by atoms with Gasteiger partial charge in [-0.05, 0) is 24.5 Å². The number of carbonyl (C=O) groups excluding carboxylic acids is 2. The van der Waals surface area contributed by atoms with E-state index in [4.69, 9.17) is 4.74 Å². The van der Waals surface area contributed by atoms with Crippen molar-refractivity contribution in [3.05, 3.63) is 24.3 Å². The molecule has 1 amide bonds. The summed E-state index contributed by atoms with van der Waals surface area (Å²) in [6, 6.07) is 7.11. The molecule has 5 heteroatoms. The third kappa shape index (κ3) is 5.39. The molecule has 22 heavy (non-hydrogen) atoms. The molecule has 0 aliphatic carbocycles. The number of carboxylic acids is 1. The van der Waals surface area contributed by atoms with Crippen molar-refractivity contribution < 1.29 is 19.4 Å². The topological polar surface area (TPSA) is 78.5 Å². The molecule has 0 spiro atoms. The first-order valence-corrected chi connectivity index (χ1v) is 7.63. The summed E-state index contributed by atoms with van der Waals surface area (Å²) in [6.07, 6.45) is 2.42. The van der Waals surface area contributed by atoms with Crippen LogP contribution in [0.3, 0.4) is 0 Å². The minimum absolute atomic E-state index is 0.139. The van der Waals surface area contributed by atoms with Crippen LogP contribution in [-0.2, 0) is 9.59 Å². The fourth-order valence-electron chi connectivity index (χ4n) is 2.44. The van der Waals surface area contributed by atoms with Crippen molar-refractivity contribution in [1.29, 1.82) is 0 Å². The van der Waals surface area contributed by atoms with E-state index in [0.717, 1.165) is 12.8 Å². The van der Waals surface area contributed by atoms with Crippen molar-refractivity contribution in [1.82, 2.24) is 0 Å². The predicted molar refractivity (Wildman–Crippen MR) is 83.4 cm³/mol. The Balaban J connectivity index is 2.64. The van der Waals surface area contributed by atoms with Gasteiger partial charge in [0.1, 0.15) is 5.75 Å². The van der Waals surface area contributed by atoms with Gasteiger partial charge in [0.25, 0.3) is 0 Å². The molecule has 0 heterocycles. The molecule has 0 aliphatic heterocycles. The number of carboxylic acid groups (broad SMARTS) is 1. The first-order valence-electron chi connectivity index (χ1n) is 7.63. The van der Waals surface area contributed by atoms with E-state index in [2.05, 4.69) is 5.32 Å². The minimum Gasteiger partial charge on any atom is -0.550 e. The molecule has 0 radical (unpaired) electrons. The molecule has 1 N–H and O–H groups in total. The maximum atomic E-state index is 12.1. The van der Waals surface area contributed by atoms with Crippen LogP contribution in [0.25, 0.3) is 0 Å². The van der Waals surface area contributed by atoms with Gasteiger partial charge < -0.3 is 20.0 Å². The number of carbonyl (C=O) groups is 2. The van der Waals surface area contributed by atoms with Gasteiger partial charge in [-0.25, -0.2) is 0 Å². The van der Waals surface area contributed by atoms with Gasteiger partial charge in [0.15, 0.2) is 0 Å². The van der Waals surface area contributed by atoms with E-state index in [0.29, 0.717) is 17.9 Å². The number of methoxy groups -OCH3 is 1. The molecule has 0 bridgehead atoms. The third-order valence-electron chi connectivity index (χ3n) is 3.75. The summed E-state index contributed by atoms with van der Waals surface area (Å²) in [5, 5.41) is 14.0. The quantitative estimate of drug-likeness (QED) is 0.758. The second kappa shape index (κ2) is 9.07. The normalized spacial score (nSPS) is 13.2. The van der Waals surface area contributed by atoms with Crippen molar-refractivity contribution in [3.63, 3.8) is 0 Å². The Hall–Kier alpha value is -2.04. The first kappa shape index (κ1) is 18.0. The van der Waals surface area contributed by atoms with Gasteiger partial charge in [0, 0.05) is 18.3 Å². The van der Waals surface area contributed by atoms with Crippen molar-refractivity contribution in [2.24, 2.45) is 11.8 Å². The first-order chi connectivity index (χ1) is 10.5. The zero-order valence-corrected chi connectivity index (χ0v) is 13.4. The van der Waals surface area contributed by atoms with Gasteiger partial charge in [-0.3, -0.25) is 4.79 Å². The number of ether oxygens (including phenoxy) is 1. The Morgan fingerprint density at radius 3 is 2.59 bits per heavy atom. The summed E-state index contributed by atoms with van der Waals surface area (Å²) in [4.78, 5) is 23.3. The lowest BCUT2D eigenvalue weighted by Gasteiger charge is -2.24. The number of benzene rings is 1. The Kier molecular flexibility index (Phi) is 7.43. The van der Waals surface area contributed by atoms with Gasteiger partial charge >= 0.3 is 0 Å². The molecule has 0 unspecified atom stereocenters. The van der Waals surface area contributed by atoms with E-state index in [1.165, 1.54) is 7.11 Å². The van der Waals surface area contributed by atoms with Crippen LogP contribution in [-0.4, -0.2) is 19.0 Å². The zero-order chi connectivity index (χ0) is 16.5. The maximum absolute atomic E-state index is 12.1. The van der Waals surface area contributed by atoms with Crippen LogP contribution in [0.4, 0.5) is 5.69 Å². The highest BCUT2D eigenvalue weighted by Crippen LogP contribution is 2.25. The van der Waals surface area contributed by atoms with Gasteiger partial charge in [0.05, 0.1) is 12.8 Å². The summed E-state index contributed by atoms with van der Waals surface area (Å²) in [5.41, 5.74) is 0.584. The lowest BCUT2D eigenvalue weighted by molar-refractivity contribution is -0.313. The maximum Gasteiger partial charge on any atom is 0.224 e. The Labute approximate surface area is 131 Å². The van der Waals surface area contributed by atoms with Crippen LogP contribution in [0.15, 0.2) is 24.3 Å². The van der Waals surface area contributed by atoms with Crippen LogP contribution in [0.5, 0.6) is 5.75 Å². The number of aliphatic carboxylic acids is 1. The molecular weight excluding hydrogens is 282 g/mol. The summed E-state index contributed by atoms with van der Waals surface area (Å²) in [6.45, 7) is 3.78. The lowest BCUT2D eigenvalue weighted by Crippen LogP contribution is -2.36. The molecule has 0 saturated heterocycles.